The second-order valence-corrected chi connectivity index (χ2v) is 5.12. The topological polar surface area (TPSA) is 39.1 Å². The molecule has 0 spiro atoms. The lowest BCUT2D eigenvalue weighted by Crippen LogP contribution is -2.37. The number of rotatable bonds is 4. The minimum Gasteiger partial charge on any atom is -0.481 e. The molecule has 0 saturated carbocycles. The fourth-order valence-electron chi connectivity index (χ4n) is 1.79. The molecule has 1 heterocycles. The molecule has 4 nitrogen and oxygen atoms in total. The zero-order chi connectivity index (χ0) is 12.3. The molecule has 0 fully saturated rings. The molecule has 0 aliphatic rings. The van der Waals surface area contributed by atoms with Crippen molar-refractivity contribution in [1.29, 1.82) is 0 Å². The van der Waals surface area contributed by atoms with Gasteiger partial charge in [0.1, 0.15) is 0 Å². The van der Waals surface area contributed by atoms with Gasteiger partial charge in [0, 0.05) is 18.2 Å². The minimum atomic E-state index is 0.156. The molecule has 0 aromatic carbocycles. The van der Waals surface area contributed by atoms with E-state index >= 15 is 0 Å². The number of methoxy groups -OCH3 is 1. The molecular weight excluding hydrogens is 202 g/mol. The summed E-state index contributed by atoms with van der Waals surface area (Å²) in [4.78, 5) is 0. The lowest BCUT2D eigenvalue weighted by molar-refractivity contribution is 0.367. The van der Waals surface area contributed by atoms with Gasteiger partial charge in [-0.3, -0.25) is 0 Å². The van der Waals surface area contributed by atoms with Crippen molar-refractivity contribution < 1.29 is 4.74 Å². The monoisotopic (exact) mass is 225 g/mol. The Morgan fingerprint density at radius 2 is 2.00 bits per heavy atom. The van der Waals surface area contributed by atoms with Crippen molar-refractivity contribution in [3.63, 3.8) is 0 Å². The summed E-state index contributed by atoms with van der Waals surface area (Å²) in [5.41, 5.74) is 2.40. The Labute approximate surface area is 98.0 Å². The summed E-state index contributed by atoms with van der Waals surface area (Å²) in [6.07, 6.45) is 0.945. The molecule has 0 amide bonds. The molecule has 1 rings (SSSR count). The third-order valence-corrected chi connectivity index (χ3v) is 2.51. The number of ether oxygens (including phenoxy) is 1. The van der Waals surface area contributed by atoms with Gasteiger partial charge in [0.05, 0.1) is 12.8 Å². The van der Waals surface area contributed by atoms with Gasteiger partial charge in [0.25, 0.3) is 0 Å². The highest BCUT2D eigenvalue weighted by molar-refractivity contribution is 5.31. The van der Waals surface area contributed by atoms with Gasteiger partial charge in [-0.15, -0.1) is 0 Å². The van der Waals surface area contributed by atoms with Crippen LogP contribution in [0.25, 0.3) is 0 Å². The lowest BCUT2D eigenvalue weighted by Gasteiger charge is -2.20. The molecule has 4 heteroatoms. The maximum atomic E-state index is 5.35. The van der Waals surface area contributed by atoms with E-state index in [1.165, 1.54) is 5.56 Å². The van der Waals surface area contributed by atoms with Gasteiger partial charge in [-0.05, 0) is 40.7 Å². The Balaban J connectivity index is 2.66. The largest absolute Gasteiger partial charge is 0.481 e. The number of hydrogen-bond acceptors (Lipinski definition) is 3. The van der Waals surface area contributed by atoms with E-state index < -0.39 is 0 Å². The molecule has 0 bridgehead atoms. The number of nitrogens with one attached hydrogen (secondary N) is 1. The van der Waals surface area contributed by atoms with Gasteiger partial charge in [-0.1, -0.05) is 0 Å². The van der Waals surface area contributed by atoms with Crippen molar-refractivity contribution in [3.05, 3.63) is 11.3 Å². The maximum Gasteiger partial charge on any atom is 0.214 e. The molecule has 0 atom stereocenters. The van der Waals surface area contributed by atoms with Gasteiger partial charge >= 0.3 is 0 Å². The van der Waals surface area contributed by atoms with Crippen LogP contribution in [-0.2, 0) is 13.5 Å². The van der Waals surface area contributed by atoms with Crippen molar-refractivity contribution in [3.8, 4) is 5.88 Å². The Kier molecular flexibility index (Phi) is 3.97. The van der Waals surface area contributed by atoms with E-state index in [9.17, 15) is 0 Å². The van der Waals surface area contributed by atoms with Crippen LogP contribution in [0.2, 0.25) is 0 Å². The smallest absolute Gasteiger partial charge is 0.214 e. The van der Waals surface area contributed by atoms with Crippen molar-refractivity contribution >= 4 is 0 Å². The van der Waals surface area contributed by atoms with Crippen molar-refractivity contribution in [2.24, 2.45) is 7.05 Å². The van der Waals surface area contributed by atoms with Crippen LogP contribution in [-0.4, -0.2) is 29.0 Å². The summed E-state index contributed by atoms with van der Waals surface area (Å²) in [5, 5.41) is 7.83. The van der Waals surface area contributed by atoms with Gasteiger partial charge in [0.2, 0.25) is 5.88 Å². The Bertz CT molecular complexity index is 350. The highest BCUT2D eigenvalue weighted by Crippen LogP contribution is 2.21. The zero-order valence-corrected chi connectivity index (χ0v) is 11.2. The first-order valence-electron chi connectivity index (χ1n) is 5.66. The summed E-state index contributed by atoms with van der Waals surface area (Å²) in [7, 11) is 3.60. The van der Waals surface area contributed by atoms with Gasteiger partial charge in [-0.2, -0.15) is 5.10 Å². The molecule has 92 valence electrons. The van der Waals surface area contributed by atoms with E-state index in [0.29, 0.717) is 0 Å². The average molecular weight is 225 g/mol. The van der Waals surface area contributed by atoms with E-state index in [1.54, 1.807) is 11.8 Å². The molecule has 0 saturated heterocycles. The summed E-state index contributed by atoms with van der Waals surface area (Å²) in [6.45, 7) is 9.46. The second-order valence-electron chi connectivity index (χ2n) is 5.12. The van der Waals surface area contributed by atoms with Crippen LogP contribution in [0, 0.1) is 6.92 Å². The normalized spacial score (nSPS) is 11.9. The van der Waals surface area contributed by atoms with Crippen LogP contribution in [0.15, 0.2) is 0 Å². The van der Waals surface area contributed by atoms with E-state index in [0.717, 1.165) is 24.5 Å². The minimum absolute atomic E-state index is 0.156. The molecule has 1 aromatic rings. The fourth-order valence-corrected chi connectivity index (χ4v) is 1.79. The van der Waals surface area contributed by atoms with Crippen LogP contribution >= 0.6 is 0 Å². The number of hydrogen-bond donors (Lipinski definition) is 1. The SMILES string of the molecule is COc1c(CCNC(C)(C)C)c(C)nn1C. The first-order valence-corrected chi connectivity index (χ1v) is 5.66. The zero-order valence-electron chi connectivity index (χ0n) is 11.2. The number of aryl methyl sites for hydroxylation is 2. The van der Waals surface area contributed by atoms with Crippen LogP contribution in [0.5, 0.6) is 5.88 Å². The molecule has 0 radical (unpaired) electrons. The molecule has 0 aliphatic heterocycles. The molecule has 1 N–H and O–H groups in total. The predicted molar refractivity (Wildman–Crippen MR) is 66.0 cm³/mol. The van der Waals surface area contributed by atoms with Crippen LogP contribution in [0.1, 0.15) is 32.0 Å². The highest BCUT2D eigenvalue weighted by atomic mass is 16.5. The first-order chi connectivity index (χ1) is 7.35. The van der Waals surface area contributed by atoms with Gasteiger partial charge < -0.3 is 10.1 Å². The fraction of sp³-hybridized carbons (Fsp3) is 0.750. The number of nitrogens with zero attached hydrogens (tertiary/aromatic N) is 2. The van der Waals surface area contributed by atoms with Gasteiger partial charge in [0.15, 0.2) is 0 Å². The Morgan fingerprint density at radius 1 is 1.38 bits per heavy atom. The quantitative estimate of drug-likeness (QED) is 0.847. The van der Waals surface area contributed by atoms with E-state index in [1.807, 2.05) is 14.0 Å². The van der Waals surface area contributed by atoms with Crippen LogP contribution < -0.4 is 10.1 Å². The molecule has 0 unspecified atom stereocenters. The summed E-state index contributed by atoms with van der Waals surface area (Å²) < 4.78 is 7.15. The summed E-state index contributed by atoms with van der Waals surface area (Å²) in [5.74, 6) is 0.869. The second kappa shape index (κ2) is 4.87. The Morgan fingerprint density at radius 3 is 2.50 bits per heavy atom. The van der Waals surface area contributed by atoms with E-state index in [4.69, 9.17) is 4.74 Å². The summed E-state index contributed by atoms with van der Waals surface area (Å²) in [6, 6.07) is 0. The van der Waals surface area contributed by atoms with E-state index in [2.05, 4.69) is 31.2 Å². The highest BCUT2D eigenvalue weighted by Gasteiger charge is 2.14. The third kappa shape index (κ3) is 3.23. The first kappa shape index (κ1) is 13.0. The molecular formula is C12H23N3O. The van der Waals surface area contributed by atoms with Crippen molar-refractivity contribution in [2.75, 3.05) is 13.7 Å². The molecule has 1 aromatic heterocycles. The van der Waals surface area contributed by atoms with Crippen LogP contribution in [0.4, 0.5) is 0 Å². The van der Waals surface area contributed by atoms with Crippen molar-refractivity contribution in [1.82, 2.24) is 15.1 Å². The average Bonchev–Trinajstić information content (AvgIpc) is 2.39. The lowest BCUT2D eigenvalue weighted by atomic mass is 10.1. The third-order valence-electron chi connectivity index (χ3n) is 2.51. The van der Waals surface area contributed by atoms with E-state index in [-0.39, 0.29) is 5.54 Å². The van der Waals surface area contributed by atoms with Gasteiger partial charge in [-0.25, -0.2) is 4.68 Å². The number of aromatic nitrogens is 2. The molecule has 0 aliphatic carbocycles. The molecule has 16 heavy (non-hydrogen) atoms. The summed E-state index contributed by atoms with van der Waals surface area (Å²) >= 11 is 0. The Hall–Kier alpha value is -1.03. The maximum absolute atomic E-state index is 5.35. The van der Waals surface area contributed by atoms with Crippen molar-refractivity contribution in [2.45, 2.75) is 39.7 Å². The predicted octanol–water partition coefficient (Wildman–Crippen LogP) is 1.67. The standard InChI is InChI=1S/C12H23N3O/c1-9-10(7-8-13-12(2,3)4)11(16-6)15(5)14-9/h13H,7-8H2,1-6H3. The van der Waals surface area contributed by atoms with Crippen LogP contribution in [0.3, 0.4) is 0 Å².